The minimum atomic E-state index is -1.14. The number of aromatic nitrogens is 2. The van der Waals surface area contributed by atoms with Crippen molar-refractivity contribution >= 4 is 34.3 Å². The molecule has 0 radical (unpaired) electrons. The molecule has 0 saturated carbocycles. The largest absolute Gasteiger partial charge is 0.467 e. The second-order valence-corrected chi connectivity index (χ2v) is 6.88. The van der Waals surface area contributed by atoms with Gasteiger partial charge >= 0.3 is 5.97 Å². The number of nitrogens with one attached hydrogen (secondary N) is 1. The zero-order valence-corrected chi connectivity index (χ0v) is 14.4. The number of rotatable bonds is 5. The van der Waals surface area contributed by atoms with Crippen molar-refractivity contribution in [1.82, 2.24) is 15.5 Å². The van der Waals surface area contributed by atoms with Crippen molar-refractivity contribution in [3.63, 3.8) is 0 Å². The summed E-state index contributed by atoms with van der Waals surface area (Å²) in [6.45, 7) is 5.31. The predicted molar refractivity (Wildman–Crippen MR) is 84.0 cm³/mol. The van der Waals surface area contributed by atoms with Crippen molar-refractivity contribution < 1.29 is 19.1 Å². The molecule has 9 heteroatoms. The Hall–Kier alpha value is -2.03. The number of esters is 1. The van der Waals surface area contributed by atoms with Crippen LogP contribution in [0.1, 0.15) is 32.2 Å². The first-order valence-corrected chi connectivity index (χ1v) is 8.13. The van der Waals surface area contributed by atoms with Gasteiger partial charge in [0.05, 0.1) is 13.0 Å². The van der Waals surface area contributed by atoms with Gasteiger partial charge in [-0.2, -0.15) is 0 Å². The highest BCUT2D eigenvalue weighted by Gasteiger charge is 2.40. The van der Waals surface area contributed by atoms with Crippen LogP contribution in [0.5, 0.6) is 0 Å². The van der Waals surface area contributed by atoms with E-state index in [9.17, 15) is 14.4 Å². The van der Waals surface area contributed by atoms with Gasteiger partial charge in [0.25, 0.3) is 0 Å². The molecule has 1 aliphatic heterocycles. The monoisotopic (exact) mass is 340 g/mol. The van der Waals surface area contributed by atoms with Crippen LogP contribution in [0.4, 0.5) is 5.13 Å². The molecule has 2 amide bonds. The Labute approximate surface area is 138 Å². The van der Waals surface area contributed by atoms with Crippen LogP contribution in [0.25, 0.3) is 0 Å². The average molecular weight is 340 g/mol. The number of carbonyl (C=O) groups excluding carboxylic acids is 3. The molecule has 1 atom stereocenters. The van der Waals surface area contributed by atoms with Crippen molar-refractivity contribution in [2.24, 2.45) is 5.92 Å². The fraction of sp³-hybridized carbons (Fsp3) is 0.643. The fourth-order valence-corrected chi connectivity index (χ4v) is 3.09. The Morgan fingerprint density at radius 2 is 2.13 bits per heavy atom. The first-order valence-electron chi connectivity index (χ1n) is 7.31. The van der Waals surface area contributed by atoms with Crippen LogP contribution in [-0.4, -0.2) is 47.2 Å². The summed E-state index contributed by atoms with van der Waals surface area (Å²) < 4.78 is 4.66. The van der Waals surface area contributed by atoms with Crippen LogP contribution in [-0.2, 0) is 25.5 Å². The van der Waals surface area contributed by atoms with Gasteiger partial charge in [0.2, 0.25) is 16.9 Å². The highest BCUT2D eigenvalue weighted by molar-refractivity contribution is 7.15. The van der Waals surface area contributed by atoms with Crippen molar-refractivity contribution in [3.05, 3.63) is 5.01 Å². The van der Waals surface area contributed by atoms with E-state index in [1.807, 2.05) is 6.92 Å². The van der Waals surface area contributed by atoms with Crippen LogP contribution >= 0.6 is 11.3 Å². The summed E-state index contributed by atoms with van der Waals surface area (Å²) >= 11 is 1.35. The second kappa shape index (κ2) is 6.61. The zero-order valence-electron chi connectivity index (χ0n) is 13.6. The highest BCUT2D eigenvalue weighted by Crippen LogP contribution is 2.28. The Kier molecular flexibility index (Phi) is 4.98. The van der Waals surface area contributed by atoms with E-state index >= 15 is 0 Å². The lowest BCUT2D eigenvalue weighted by molar-refractivity contribution is -0.149. The molecule has 0 spiro atoms. The van der Waals surface area contributed by atoms with Crippen LogP contribution in [0.3, 0.4) is 0 Å². The average Bonchev–Trinajstić information content (AvgIpc) is 3.11. The number of hydrogen-bond donors (Lipinski definition) is 1. The molecule has 1 saturated heterocycles. The number of hydrogen-bond acceptors (Lipinski definition) is 7. The molecule has 126 valence electrons. The van der Waals surface area contributed by atoms with Gasteiger partial charge in [-0.05, 0) is 20.3 Å². The maximum Gasteiger partial charge on any atom is 0.330 e. The SMILES string of the molecule is CCc1nnc(N2CC(C(=O)NC(C)(C)C(=O)OC)CC2=O)s1. The summed E-state index contributed by atoms with van der Waals surface area (Å²) in [6, 6.07) is 0. The maximum absolute atomic E-state index is 12.3. The van der Waals surface area contributed by atoms with Crippen LogP contribution in [0, 0.1) is 5.92 Å². The summed E-state index contributed by atoms with van der Waals surface area (Å²) in [4.78, 5) is 37.6. The van der Waals surface area contributed by atoms with Gasteiger partial charge in [0, 0.05) is 13.0 Å². The van der Waals surface area contributed by atoms with Gasteiger partial charge < -0.3 is 10.1 Å². The van der Waals surface area contributed by atoms with E-state index in [1.165, 1.54) is 23.3 Å². The molecule has 2 rings (SSSR count). The third-order valence-corrected chi connectivity index (χ3v) is 4.71. The van der Waals surface area contributed by atoms with E-state index in [2.05, 4.69) is 20.3 Å². The number of ether oxygens (including phenoxy) is 1. The molecule has 1 N–H and O–H groups in total. The number of methoxy groups -OCH3 is 1. The Balaban J connectivity index is 2.04. The Morgan fingerprint density at radius 1 is 1.43 bits per heavy atom. The first kappa shape index (κ1) is 17.3. The number of aryl methyl sites for hydroxylation is 1. The number of nitrogens with zero attached hydrogens (tertiary/aromatic N) is 3. The fourth-order valence-electron chi connectivity index (χ4n) is 2.28. The zero-order chi connectivity index (χ0) is 17.2. The molecular weight excluding hydrogens is 320 g/mol. The standard InChI is InChI=1S/C14H20N4O4S/c1-5-9-16-17-13(23-9)18-7-8(6-10(18)19)11(20)15-14(2,3)12(21)22-4/h8H,5-7H2,1-4H3,(H,15,20). The molecule has 1 unspecified atom stereocenters. The van der Waals surface area contributed by atoms with Crippen molar-refractivity contribution in [1.29, 1.82) is 0 Å². The quantitative estimate of drug-likeness (QED) is 0.784. The van der Waals surface area contributed by atoms with Crippen LogP contribution in [0.15, 0.2) is 0 Å². The van der Waals surface area contributed by atoms with E-state index in [0.717, 1.165) is 11.4 Å². The molecule has 1 aliphatic rings. The normalized spacial score (nSPS) is 18.2. The lowest BCUT2D eigenvalue weighted by Gasteiger charge is -2.24. The van der Waals surface area contributed by atoms with E-state index in [-0.39, 0.29) is 24.8 Å². The third kappa shape index (κ3) is 3.66. The Bertz CT molecular complexity index is 628. The number of anilines is 1. The van der Waals surface area contributed by atoms with Crippen molar-refractivity contribution in [2.75, 3.05) is 18.6 Å². The van der Waals surface area contributed by atoms with Crippen LogP contribution in [0.2, 0.25) is 0 Å². The third-order valence-electron chi connectivity index (χ3n) is 3.62. The molecule has 1 fully saturated rings. The molecule has 1 aromatic rings. The minimum absolute atomic E-state index is 0.0874. The van der Waals surface area contributed by atoms with Gasteiger partial charge in [-0.15, -0.1) is 10.2 Å². The van der Waals surface area contributed by atoms with E-state index in [0.29, 0.717) is 5.13 Å². The lowest BCUT2D eigenvalue weighted by Crippen LogP contribution is -2.52. The summed E-state index contributed by atoms with van der Waals surface area (Å²) in [5.74, 6) is -1.58. The summed E-state index contributed by atoms with van der Waals surface area (Å²) in [5, 5.41) is 12.0. The minimum Gasteiger partial charge on any atom is -0.467 e. The number of amides is 2. The molecule has 1 aromatic heterocycles. The van der Waals surface area contributed by atoms with Gasteiger partial charge in [-0.1, -0.05) is 18.3 Å². The van der Waals surface area contributed by atoms with Gasteiger partial charge in [0.1, 0.15) is 10.5 Å². The highest BCUT2D eigenvalue weighted by atomic mass is 32.1. The van der Waals surface area contributed by atoms with Crippen molar-refractivity contribution in [2.45, 2.75) is 39.2 Å². The van der Waals surface area contributed by atoms with Crippen LogP contribution < -0.4 is 10.2 Å². The molecule has 0 bridgehead atoms. The van der Waals surface area contributed by atoms with Gasteiger partial charge in [-0.25, -0.2) is 4.79 Å². The Morgan fingerprint density at radius 3 is 2.70 bits per heavy atom. The summed E-state index contributed by atoms with van der Waals surface area (Å²) in [6.07, 6.45) is 0.834. The molecular formula is C14H20N4O4S. The number of carbonyl (C=O) groups is 3. The van der Waals surface area contributed by atoms with Crippen molar-refractivity contribution in [3.8, 4) is 0 Å². The second-order valence-electron chi connectivity index (χ2n) is 5.84. The molecule has 23 heavy (non-hydrogen) atoms. The van der Waals surface area contributed by atoms with Gasteiger partial charge in [0.15, 0.2) is 0 Å². The van der Waals surface area contributed by atoms with E-state index < -0.39 is 17.4 Å². The summed E-state index contributed by atoms with van der Waals surface area (Å²) in [7, 11) is 1.26. The molecule has 0 aliphatic carbocycles. The van der Waals surface area contributed by atoms with Gasteiger partial charge in [-0.3, -0.25) is 14.5 Å². The first-order chi connectivity index (χ1) is 10.8. The summed E-state index contributed by atoms with van der Waals surface area (Å²) in [5.41, 5.74) is -1.14. The molecule has 0 aromatic carbocycles. The van der Waals surface area contributed by atoms with E-state index in [4.69, 9.17) is 0 Å². The smallest absolute Gasteiger partial charge is 0.330 e. The van der Waals surface area contributed by atoms with E-state index in [1.54, 1.807) is 13.8 Å². The lowest BCUT2D eigenvalue weighted by atomic mass is 10.0. The molecule has 2 heterocycles. The topological polar surface area (TPSA) is 101 Å². The predicted octanol–water partition coefficient (Wildman–Crippen LogP) is 0.521. The molecule has 8 nitrogen and oxygen atoms in total. The maximum atomic E-state index is 12.3.